The SMILES string of the molecule is COc1ccc(C(=O)NCC(=O)OCC(=O)N2C[C@H](C)C[C@@H](C)C2)cc1. The number of rotatable bonds is 6. The second-order valence-corrected chi connectivity index (χ2v) is 6.82. The van der Waals surface area contributed by atoms with Crippen LogP contribution in [0.1, 0.15) is 30.6 Å². The molecule has 1 heterocycles. The van der Waals surface area contributed by atoms with Crippen LogP contribution in [-0.2, 0) is 14.3 Å². The molecule has 1 aliphatic heterocycles. The maximum absolute atomic E-state index is 12.2. The number of carbonyl (C=O) groups is 3. The van der Waals surface area contributed by atoms with E-state index in [4.69, 9.17) is 9.47 Å². The van der Waals surface area contributed by atoms with Crippen molar-refractivity contribution in [3.63, 3.8) is 0 Å². The smallest absolute Gasteiger partial charge is 0.325 e. The summed E-state index contributed by atoms with van der Waals surface area (Å²) in [5, 5.41) is 2.47. The molecule has 7 heteroatoms. The molecule has 1 saturated heterocycles. The lowest BCUT2D eigenvalue weighted by molar-refractivity contribution is -0.152. The number of hydrogen-bond acceptors (Lipinski definition) is 5. The van der Waals surface area contributed by atoms with Crippen molar-refractivity contribution in [2.24, 2.45) is 11.8 Å². The summed E-state index contributed by atoms with van der Waals surface area (Å²) in [6.07, 6.45) is 1.10. The Balaban J connectivity index is 1.72. The van der Waals surface area contributed by atoms with Crippen LogP contribution in [0.3, 0.4) is 0 Å². The summed E-state index contributed by atoms with van der Waals surface area (Å²) in [7, 11) is 1.54. The lowest BCUT2D eigenvalue weighted by Crippen LogP contribution is -2.44. The standard InChI is InChI=1S/C19H26N2O5/c1-13-8-14(2)11-21(10-13)17(22)12-26-18(23)9-20-19(24)15-4-6-16(25-3)7-5-15/h4-7,13-14H,8-12H2,1-3H3,(H,20,24)/t13-,14-/m1/s1. The van der Waals surface area contributed by atoms with E-state index >= 15 is 0 Å². The Labute approximate surface area is 153 Å². The first-order valence-corrected chi connectivity index (χ1v) is 8.74. The van der Waals surface area contributed by atoms with Crippen LogP contribution in [0.25, 0.3) is 0 Å². The Hall–Kier alpha value is -2.57. The number of likely N-dealkylation sites (tertiary alicyclic amines) is 1. The lowest BCUT2D eigenvalue weighted by Gasteiger charge is -2.34. The molecule has 2 amide bonds. The molecule has 2 atom stereocenters. The molecule has 0 saturated carbocycles. The molecule has 26 heavy (non-hydrogen) atoms. The second kappa shape index (κ2) is 9.22. The van der Waals surface area contributed by atoms with E-state index in [-0.39, 0.29) is 19.1 Å². The maximum Gasteiger partial charge on any atom is 0.325 e. The molecule has 0 aliphatic carbocycles. The summed E-state index contributed by atoms with van der Waals surface area (Å²) >= 11 is 0. The van der Waals surface area contributed by atoms with E-state index in [9.17, 15) is 14.4 Å². The van der Waals surface area contributed by atoms with E-state index in [1.165, 1.54) is 7.11 Å². The summed E-state index contributed by atoms with van der Waals surface area (Å²) in [6.45, 7) is 5.01. The molecule has 0 radical (unpaired) electrons. The fourth-order valence-corrected chi connectivity index (χ4v) is 3.15. The van der Waals surface area contributed by atoms with Crippen molar-refractivity contribution in [1.29, 1.82) is 0 Å². The first-order chi connectivity index (χ1) is 12.4. The molecule has 7 nitrogen and oxygen atoms in total. The molecule has 1 aromatic rings. The Bertz CT molecular complexity index is 634. The fourth-order valence-electron chi connectivity index (χ4n) is 3.15. The predicted octanol–water partition coefficient (Wildman–Crippen LogP) is 1.47. The third kappa shape index (κ3) is 5.75. The number of methoxy groups -OCH3 is 1. The Kier molecular flexibility index (Phi) is 7.00. The molecule has 1 aromatic carbocycles. The molecular formula is C19H26N2O5. The molecule has 1 fully saturated rings. The van der Waals surface area contributed by atoms with E-state index in [1.807, 2.05) is 0 Å². The van der Waals surface area contributed by atoms with Crippen molar-refractivity contribution in [3.8, 4) is 5.75 Å². The topological polar surface area (TPSA) is 84.9 Å². The first-order valence-electron chi connectivity index (χ1n) is 8.74. The molecule has 1 aliphatic rings. The van der Waals surface area contributed by atoms with E-state index < -0.39 is 11.9 Å². The predicted molar refractivity (Wildman–Crippen MR) is 95.8 cm³/mol. The van der Waals surface area contributed by atoms with E-state index in [2.05, 4.69) is 19.2 Å². The minimum atomic E-state index is -0.640. The van der Waals surface area contributed by atoms with Crippen LogP contribution < -0.4 is 10.1 Å². The third-order valence-corrected chi connectivity index (χ3v) is 4.32. The Morgan fingerprint density at radius 1 is 1.12 bits per heavy atom. The van der Waals surface area contributed by atoms with E-state index in [0.717, 1.165) is 6.42 Å². The first kappa shape index (κ1) is 19.8. The highest BCUT2D eigenvalue weighted by Gasteiger charge is 2.25. The lowest BCUT2D eigenvalue weighted by atomic mass is 9.92. The van der Waals surface area contributed by atoms with Gasteiger partial charge in [0.25, 0.3) is 11.8 Å². The van der Waals surface area contributed by atoms with Crippen molar-refractivity contribution in [1.82, 2.24) is 10.2 Å². The van der Waals surface area contributed by atoms with Gasteiger partial charge >= 0.3 is 5.97 Å². The quantitative estimate of drug-likeness (QED) is 0.775. The van der Waals surface area contributed by atoms with Crippen molar-refractivity contribution in [3.05, 3.63) is 29.8 Å². The van der Waals surface area contributed by atoms with Gasteiger partial charge in [0.15, 0.2) is 6.61 Å². The zero-order chi connectivity index (χ0) is 19.1. The average molecular weight is 362 g/mol. The van der Waals surface area contributed by atoms with Crippen LogP contribution in [0, 0.1) is 11.8 Å². The van der Waals surface area contributed by atoms with Gasteiger partial charge in [0.05, 0.1) is 7.11 Å². The minimum Gasteiger partial charge on any atom is -0.497 e. The molecule has 142 valence electrons. The number of ether oxygens (including phenoxy) is 2. The number of carbonyl (C=O) groups excluding carboxylic acids is 3. The normalized spacial score (nSPS) is 19.6. The van der Waals surface area contributed by atoms with E-state index in [0.29, 0.717) is 36.2 Å². The monoisotopic (exact) mass is 362 g/mol. The van der Waals surface area contributed by atoms with Gasteiger partial charge in [-0.25, -0.2) is 0 Å². The highest BCUT2D eigenvalue weighted by molar-refractivity contribution is 5.96. The van der Waals surface area contributed by atoms with Crippen molar-refractivity contribution >= 4 is 17.8 Å². The van der Waals surface area contributed by atoms with Gasteiger partial charge in [0.2, 0.25) is 0 Å². The Morgan fingerprint density at radius 2 is 1.73 bits per heavy atom. The van der Waals surface area contributed by atoms with Gasteiger partial charge in [-0.1, -0.05) is 13.8 Å². The van der Waals surface area contributed by atoms with Crippen LogP contribution in [0.2, 0.25) is 0 Å². The van der Waals surface area contributed by atoms with Crippen LogP contribution in [-0.4, -0.2) is 56.0 Å². The zero-order valence-corrected chi connectivity index (χ0v) is 15.5. The summed E-state index contributed by atoms with van der Waals surface area (Å²) in [4.78, 5) is 37.6. The highest BCUT2D eigenvalue weighted by atomic mass is 16.5. The van der Waals surface area contributed by atoms with Gasteiger partial charge in [-0.15, -0.1) is 0 Å². The second-order valence-electron chi connectivity index (χ2n) is 6.82. The number of hydrogen-bond donors (Lipinski definition) is 1. The Morgan fingerprint density at radius 3 is 2.31 bits per heavy atom. The number of esters is 1. The average Bonchev–Trinajstić information content (AvgIpc) is 2.63. The zero-order valence-electron chi connectivity index (χ0n) is 15.5. The van der Waals surface area contributed by atoms with E-state index in [1.54, 1.807) is 29.2 Å². The van der Waals surface area contributed by atoms with Crippen LogP contribution in [0.15, 0.2) is 24.3 Å². The number of piperidine rings is 1. The number of nitrogens with one attached hydrogen (secondary N) is 1. The summed E-state index contributed by atoms with van der Waals surface area (Å²) in [5.74, 6) is 0.302. The van der Waals surface area contributed by atoms with Gasteiger partial charge in [-0.3, -0.25) is 14.4 Å². The molecule has 0 aromatic heterocycles. The summed E-state index contributed by atoms with van der Waals surface area (Å²) in [5.41, 5.74) is 0.408. The maximum atomic E-state index is 12.2. The van der Waals surface area contributed by atoms with Crippen molar-refractivity contribution in [2.45, 2.75) is 20.3 Å². The van der Waals surface area contributed by atoms with Crippen molar-refractivity contribution < 1.29 is 23.9 Å². The largest absolute Gasteiger partial charge is 0.497 e. The molecule has 0 spiro atoms. The summed E-state index contributed by atoms with van der Waals surface area (Å²) in [6, 6.07) is 6.52. The van der Waals surface area contributed by atoms with Crippen LogP contribution >= 0.6 is 0 Å². The molecule has 2 rings (SSSR count). The van der Waals surface area contributed by atoms with Gasteiger partial charge in [0, 0.05) is 18.7 Å². The molecule has 0 unspecified atom stereocenters. The van der Waals surface area contributed by atoms with Crippen LogP contribution in [0.5, 0.6) is 5.75 Å². The minimum absolute atomic E-state index is 0.196. The van der Waals surface area contributed by atoms with Gasteiger partial charge in [-0.05, 0) is 42.5 Å². The number of amides is 2. The number of benzene rings is 1. The molecule has 1 N–H and O–H groups in total. The van der Waals surface area contributed by atoms with Crippen molar-refractivity contribution in [2.75, 3.05) is 33.4 Å². The summed E-state index contributed by atoms with van der Waals surface area (Å²) < 4.78 is 10.0. The number of nitrogens with zero attached hydrogens (tertiary/aromatic N) is 1. The van der Waals surface area contributed by atoms with Crippen LogP contribution in [0.4, 0.5) is 0 Å². The van der Waals surface area contributed by atoms with Gasteiger partial charge in [0.1, 0.15) is 12.3 Å². The molecule has 0 bridgehead atoms. The fraction of sp³-hybridized carbons (Fsp3) is 0.526. The van der Waals surface area contributed by atoms with Gasteiger partial charge in [-0.2, -0.15) is 0 Å². The third-order valence-electron chi connectivity index (χ3n) is 4.32. The van der Waals surface area contributed by atoms with Gasteiger partial charge < -0.3 is 19.7 Å². The highest BCUT2D eigenvalue weighted by Crippen LogP contribution is 2.20. The molecular weight excluding hydrogens is 336 g/mol.